The summed E-state index contributed by atoms with van der Waals surface area (Å²) in [6.07, 6.45) is 0. The van der Waals surface area contributed by atoms with Crippen LogP contribution < -0.4 is 10.0 Å². The number of hydrogen-bond donors (Lipinski definition) is 2. The lowest BCUT2D eigenvalue weighted by atomic mass is 10.1. The van der Waals surface area contributed by atoms with Gasteiger partial charge >= 0.3 is 0 Å². The van der Waals surface area contributed by atoms with E-state index in [9.17, 15) is 21.6 Å². The van der Waals surface area contributed by atoms with Crippen LogP contribution in [0.5, 0.6) is 0 Å². The fraction of sp³-hybridized carbons (Fsp3) is 0.148. The predicted molar refractivity (Wildman–Crippen MR) is 150 cm³/mol. The van der Waals surface area contributed by atoms with Gasteiger partial charge in [-0.2, -0.15) is 4.31 Å². The zero-order valence-corrected chi connectivity index (χ0v) is 22.9. The molecule has 39 heavy (non-hydrogen) atoms. The van der Waals surface area contributed by atoms with E-state index >= 15 is 0 Å². The van der Waals surface area contributed by atoms with Gasteiger partial charge in [0.25, 0.3) is 15.9 Å². The number of anilines is 2. The second-order valence-electron chi connectivity index (χ2n) is 8.77. The largest absolute Gasteiger partial charge is 0.379 e. The molecule has 1 amide bonds. The van der Waals surface area contributed by atoms with E-state index in [1.807, 2.05) is 30.3 Å². The van der Waals surface area contributed by atoms with Crippen molar-refractivity contribution in [2.75, 3.05) is 36.3 Å². The van der Waals surface area contributed by atoms with Gasteiger partial charge < -0.3 is 10.1 Å². The first-order chi connectivity index (χ1) is 18.6. The second-order valence-corrected chi connectivity index (χ2v) is 12.8. The summed E-state index contributed by atoms with van der Waals surface area (Å²) in [5.74, 6) is -0.574. The summed E-state index contributed by atoms with van der Waals surface area (Å²) in [7, 11) is -7.81. The van der Waals surface area contributed by atoms with Gasteiger partial charge in [-0.25, -0.2) is 16.8 Å². The Balaban J connectivity index is 1.32. The predicted octanol–water partition coefficient (Wildman–Crippen LogP) is 4.57. The van der Waals surface area contributed by atoms with E-state index in [4.69, 9.17) is 16.3 Å². The molecule has 0 radical (unpaired) electrons. The van der Waals surface area contributed by atoms with Crippen LogP contribution in [0.15, 0.2) is 94.7 Å². The quantitative estimate of drug-likeness (QED) is 0.328. The summed E-state index contributed by atoms with van der Waals surface area (Å²) in [6.45, 7) is 0.944. The number of halogens is 1. The smallest absolute Gasteiger partial charge is 0.261 e. The molecular formula is C27H24ClN3O6S2. The van der Waals surface area contributed by atoms with E-state index in [1.54, 1.807) is 12.1 Å². The molecule has 4 aromatic rings. The zero-order chi connectivity index (χ0) is 27.6. The molecule has 0 atom stereocenters. The van der Waals surface area contributed by atoms with E-state index < -0.39 is 26.0 Å². The van der Waals surface area contributed by atoms with Crippen LogP contribution in [0.4, 0.5) is 11.4 Å². The Hall–Kier alpha value is -3.48. The van der Waals surface area contributed by atoms with E-state index in [-0.39, 0.29) is 46.7 Å². The molecule has 0 aliphatic carbocycles. The molecule has 5 rings (SSSR count). The van der Waals surface area contributed by atoms with Crippen molar-refractivity contribution in [2.24, 2.45) is 0 Å². The molecule has 2 N–H and O–H groups in total. The molecular weight excluding hydrogens is 562 g/mol. The minimum atomic E-state index is -3.92. The lowest BCUT2D eigenvalue weighted by Crippen LogP contribution is -2.40. The van der Waals surface area contributed by atoms with E-state index in [0.717, 1.165) is 10.8 Å². The first-order valence-electron chi connectivity index (χ1n) is 11.9. The minimum Gasteiger partial charge on any atom is -0.379 e. The number of ether oxygens (including phenoxy) is 1. The lowest BCUT2D eigenvalue weighted by molar-refractivity contribution is 0.0730. The highest BCUT2D eigenvalue weighted by atomic mass is 35.5. The van der Waals surface area contributed by atoms with Crippen LogP contribution in [0.2, 0.25) is 5.02 Å². The van der Waals surface area contributed by atoms with Gasteiger partial charge in [0.15, 0.2) is 0 Å². The van der Waals surface area contributed by atoms with E-state index in [1.165, 1.54) is 46.8 Å². The number of morpholine rings is 1. The third kappa shape index (κ3) is 5.77. The molecule has 0 spiro atoms. The maximum Gasteiger partial charge on any atom is 0.261 e. The molecule has 0 aromatic heterocycles. The van der Waals surface area contributed by atoms with Crippen molar-refractivity contribution in [3.8, 4) is 0 Å². The molecule has 0 unspecified atom stereocenters. The number of carbonyl (C=O) groups excluding carboxylic acids is 1. The molecule has 9 nitrogen and oxygen atoms in total. The van der Waals surface area contributed by atoms with E-state index in [0.29, 0.717) is 11.4 Å². The number of carbonyl (C=O) groups is 1. The maximum atomic E-state index is 13.1. The Kier molecular flexibility index (Phi) is 7.61. The number of rotatable bonds is 7. The molecule has 202 valence electrons. The Morgan fingerprint density at radius 2 is 1.54 bits per heavy atom. The molecule has 1 fully saturated rings. The third-order valence-electron chi connectivity index (χ3n) is 6.24. The number of fused-ring (bicyclic) bond motifs is 1. The average molecular weight is 586 g/mol. The van der Waals surface area contributed by atoms with Gasteiger partial charge in [0, 0.05) is 29.7 Å². The van der Waals surface area contributed by atoms with Gasteiger partial charge in [0.2, 0.25) is 10.0 Å². The molecule has 0 saturated carbocycles. The van der Waals surface area contributed by atoms with Crippen molar-refractivity contribution in [2.45, 2.75) is 9.79 Å². The minimum absolute atomic E-state index is 0.00583. The van der Waals surface area contributed by atoms with Crippen LogP contribution in [-0.2, 0) is 24.8 Å². The Morgan fingerprint density at radius 3 is 2.28 bits per heavy atom. The van der Waals surface area contributed by atoms with Crippen LogP contribution in [0.25, 0.3) is 10.8 Å². The van der Waals surface area contributed by atoms with Crippen LogP contribution >= 0.6 is 11.6 Å². The molecule has 1 saturated heterocycles. The Labute approximate surface area is 231 Å². The van der Waals surface area contributed by atoms with Crippen molar-refractivity contribution in [1.29, 1.82) is 0 Å². The molecule has 1 aliphatic heterocycles. The number of benzene rings is 4. The first-order valence-corrected chi connectivity index (χ1v) is 15.2. The van der Waals surface area contributed by atoms with Crippen molar-refractivity contribution >= 4 is 59.7 Å². The molecule has 1 heterocycles. The normalized spacial score (nSPS) is 14.7. The highest BCUT2D eigenvalue weighted by Gasteiger charge is 2.29. The third-order valence-corrected chi connectivity index (χ3v) is 10.00. The molecule has 1 aliphatic rings. The monoisotopic (exact) mass is 585 g/mol. The standard InChI is InChI=1S/C27H24ClN3O6S2/c28-24-13-8-20(18-26(24)39(35,36)31-14-16-37-17-15-31)27(32)29-21-9-11-22(12-10-21)38(33,34)30-25-7-3-5-19-4-1-2-6-23(19)25/h1-13,18,30H,14-17H2,(H,29,32). The maximum absolute atomic E-state index is 13.1. The summed E-state index contributed by atoms with van der Waals surface area (Å²) in [6, 6.07) is 22.5. The number of hydrogen-bond acceptors (Lipinski definition) is 6. The topological polar surface area (TPSA) is 122 Å². The number of amides is 1. The van der Waals surface area contributed by atoms with Gasteiger partial charge in [-0.1, -0.05) is 48.0 Å². The van der Waals surface area contributed by atoms with Crippen LogP contribution in [-0.4, -0.2) is 53.4 Å². The fourth-order valence-corrected chi connectivity index (χ4v) is 7.20. The number of nitrogens with one attached hydrogen (secondary N) is 2. The van der Waals surface area contributed by atoms with Crippen molar-refractivity contribution in [3.05, 3.63) is 95.5 Å². The van der Waals surface area contributed by atoms with Crippen molar-refractivity contribution in [3.63, 3.8) is 0 Å². The SMILES string of the molecule is O=C(Nc1ccc(S(=O)(=O)Nc2cccc3ccccc23)cc1)c1ccc(Cl)c(S(=O)(=O)N2CCOCC2)c1. The van der Waals surface area contributed by atoms with Gasteiger partial charge in [-0.3, -0.25) is 9.52 Å². The second kappa shape index (κ2) is 10.9. The average Bonchev–Trinajstić information content (AvgIpc) is 2.94. The van der Waals surface area contributed by atoms with Gasteiger partial charge in [0.05, 0.1) is 28.8 Å². The van der Waals surface area contributed by atoms with Crippen LogP contribution in [0.3, 0.4) is 0 Å². The van der Waals surface area contributed by atoms with Crippen molar-refractivity contribution in [1.82, 2.24) is 4.31 Å². The number of nitrogens with zero attached hydrogens (tertiary/aromatic N) is 1. The molecule has 4 aromatic carbocycles. The summed E-state index contributed by atoms with van der Waals surface area (Å²) in [4.78, 5) is 12.8. The zero-order valence-electron chi connectivity index (χ0n) is 20.5. The van der Waals surface area contributed by atoms with Crippen LogP contribution in [0, 0.1) is 0 Å². The van der Waals surface area contributed by atoms with Gasteiger partial charge in [-0.05, 0) is 53.9 Å². The van der Waals surface area contributed by atoms with Gasteiger partial charge in [0.1, 0.15) is 4.90 Å². The van der Waals surface area contributed by atoms with Crippen LogP contribution in [0.1, 0.15) is 10.4 Å². The summed E-state index contributed by atoms with van der Waals surface area (Å²) in [5, 5.41) is 4.34. The summed E-state index contributed by atoms with van der Waals surface area (Å²) >= 11 is 6.18. The highest BCUT2D eigenvalue weighted by Crippen LogP contribution is 2.28. The molecule has 12 heteroatoms. The highest BCUT2D eigenvalue weighted by molar-refractivity contribution is 7.92. The fourth-order valence-electron chi connectivity index (χ4n) is 4.21. The number of sulfonamides is 2. The first kappa shape index (κ1) is 27.1. The summed E-state index contributed by atoms with van der Waals surface area (Å²) in [5.41, 5.74) is 0.869. The van der Waals surface area contributed by atoms with Gasteiger partial charge in [-0.15, -0.1) is 0 Å². The summed E-state index contributed by atoms with van der Waals surface area (Å²) < 4.78 is 61.3. The Morgan fingerprint density at radius 1 is 0.846 bits per heavy atom. The van der Waals surface area contributed by atoms with Crippen molar-refractivity contribution < 1.29 is 26.4 Å². The Bertz CT molecular complexity index is 1750. The van der Waals surface area contributed by atoms with E-state index in [2.05, 4.69) is 10.0 Å². The lowest BCUT2D eigenvalue weighted by Gasteiger charge is -2.26. The molecule has 0 bridgehead atoms.